The van der Waals surface area contributed by atoms with E-state index in [4.69, 9.17) is 4.74 Å². The molecule has 2 heterocycles. The van der Waals surface area contributed by atoms with Crippen LogP contribution < -0.4 is 9.64 Å². The number of carbonyl (C=O) groups is 2. The maximum Gasteiger partial charge on any atom is 0.282 e. The van der Waals surface area contributed by atoms with Gasteiger partial charge in [-0.25, -0.2) is 9.29 Å². The molecule has 2 aliphatic heterocycles. The molecule has 0 spiro atoms. The average molecular weight is 457 g/mol. The summed E-state index contributed by atoms with van der Waals surface area (Å²) in [5, 5.41) is 0. The van der Waals surface area contributed by atoms with Gasteiger partial charge in [0.25, 0.3) is 11.8 Å². The van der Waals surface area contributed by atoms with Gasteiger partial charge in [0.1, 0.15) is 17.3 Å². The molecule has 172 valence electrons. The number of hydrogen-bond acceptors (Lipinski definition) is 4. The van der Waals surface area contributed by atoms with Crippen molar-refractivity contribution in [3.05, 3.63) is 101 Å². The molecule has 0 unspecified atom stereocenters. The highest BCUT2D eigenvalue weighted by Crippen LogP contribution is 2.37. The molecular formula is C28H25FN2O3. The van der Waals surface area contributed by atoms with Crippen LogP contribution in [0.15, 0.2) is 78.5 Å². The van der Waals surface area contributed by atoms with Gasteiger partial charge in [-0.3, -0.25) is 9.59 Å². The molecule has 0 N–H and O–H groups in total. The number of carbonyl (C=O) groups excluding carboxylic acids is 2. The molecule has 3 aromatic rings. The quantitative estimate of drug-likeness (QED) is 0.492. The molecule has 0 atom stereocenters. The van der Waals surface area contributed by atoms with Crippen LogP contribution in [0.4, 0.5) is 10.1 Å². The predicted molar refractivity (Wildman–Crippen MR) is 129 cm³/mol. The highest BCUT2D eigenvalue weighted by molar-refractivity contribution is 6.45. The molecule has 34 heavy (non-hydrogen) atoms. The van der Waals surface area contributed by atoms with Crippen molar-refractivity contribution in [2.45, 2.75) is 26.3 Å². The Morgan fingerprint density at radius 1 is 0.882 bits per heavy atom. The van der Waals surface area contributed by atoms with Crippen molar-refractivity contribution in [3.63, 3.8) is 0 Å². The fourth-order valence-electron chi connectivity index (χ4n) is 4.55. The van der Waals surface area contributed by atoms with Crippen molar-refractivity contribution in [1.82, 2.24) is 4.90 Å². The normalized spacial score (nSPS) is 15.7. The van der Waals surface area contributed by atoms with Gasteiger partial charge < -0.3 is 9.64 Å². The largest absolute Gasteiger partial charge is 0.494 e. The first kappa shape index (κ1) is 21.9. The van der Waals surface area contributed by atoms with Gasteiger partial charge in [0.2, 0.25) is 0 Å². The van der Waals surface area contributed by atoms with E-state index >= 15 is 0 Å². The summed E-state index contributed by atoms with van der Waals surface area (Å²) in [5.41, 5.74) is 3.52. The SMILES string of the molecule is CCCOc1ccc(C2=C(N3CCc4ccccc4C3)C(=O)N(c3ccccc3F)C2=O)cc1. The molecule has 0 saturated carbocycles. The summed E-state index contributed by atoms with van der Waals surface area (Å²) in [4.78, 5) is 30.2. The minimum atomic E-state index is -0.614. The molecular weight excluding hydrogens is 431 g/mol. The first-order chi connectivity index (χ1) is 16.6. The zero-order valence-corrected chi connectivity index (χ0v) is 19.0. The third-order valence-corrected chi connectivity index (χ3v) is 6.22. The number of para-hydroxylation sites is 1. The van der Waals surface area contributed by atoms with Gasteiger partial charge >= 0.3 is 0 Å². The van der Waals surface area contributed by atoms with Gasteiger partial charge in [-0.15, -0.1) is 0 Å². The number of rotatable bonds is 6. The molecule has 5 nitrogen and oxygen atoms in total. The highest BCUT2D eigenvalue weighted by Gasteiger charge is 2.43. The molecule has 0 radical (unpaired) electrons. The number of imide groups is 1. The number of anilines is 1. The third kappa shape index (κ3) is 3.85. The summed E-state index contributed by atoms with van der Waals surface area (Å²) in [6.45, 7) is 3.73. The van der Waals surface area contributed by atoms with Crippen LogP contribution in [-0.4, -0.2) is 29.9 Å². The van der Waals surface area contributed by atoms with Crippen LogP contribution in [0.25, 0.3) is 5.57 Å². The Kier molecular flexibility index (Phi) is 5.88. The summed E-state index contributed by atoms with van der Waals surface area (Å²) >= 11 is 0. The zero-order chi connectivity index (χ0) is 23.7. The van der Waals surface area contributed by atoms with E-state index in [2.05, 4.69) is 6.07 Å². The maximum atomic E-state index is 14.7. The first-order valence-corrected chi connectivity index (χ1v) is 11.5. The first-order valence-electron chi connectivity index (χ1n) is 11.5. The summed E-state index contributed by atoms with van der Waals surface area (Å²) < 4.78 is 20.3. The van der Waals surface area contributed by atoms with Gasteiger partial charge in [-0.05, 0) is 53.8 Å². The lowest BCUT2D eigenvalue weighted by atomic mass is 9.98. The van der Waals surface area contributed by atoms with E-state index in [1.807, 2.05) is 30.0 Å². The molecule has 0 fully saturated rings. The van der Waals surface area contributed by atoms with Gasteiger partial charge in [-0.2, -0.15) is 0 Å². The average Bonchev–Trinajstić information content (AvgIpc) is 3.13. The molecule has 6 heteroatoms. The van der Waals surface area contributed by atoms with E-state index in [9.17, 15) is 14.0 Å². The van der Waals surface area contributed by atoms with Crippen molar-refractivity contribution < 1.29 is 18.7 Å². The van der Waals surface area contributed by atoms with Gasteiger partial charge in [0, 0.05) is 13.1 Å². The minimum Gasteiger partial charge on any atom is -0.494 e. The summed E-state index contributed by atoms with van der Waals surface area (Å²) in [6, 6.07) is 21.1. The maximum absolute atomic E-state index is 14.7. The van der Waals surface area contributed by atoms with Crippen LogP contribution in [-0.2, 0) is 22.6 Å². The van der Waals surface area contributed by atoms with E-state index < -0.39 is 17.6 Å². The Labute approximate surface area is 198 Å². The molecule has 2 aliphatic rings. The van der Waals surface area contributed by atoms with E-state index in [1.165, 1.54) is 23.8 Å². The molecule has 5 rings (SSSR count). The highest BCUT2D eigenvalue weighted by atomic mass is 19.1. The predicted octanol–water partition coefficient (Wildman–Crippen LogP) is 4.96. The van der Waals surface area contributed by atoms with E-state index in [0.29, 0.717) is 36.7 Å². The third-order valence-electron chi connectivity index (χ3n) is 6.22. The van der Waals surface area contributed by atoms with Crippen molar-refractivity contribution >= 4 is 23.1 Å². The summed E-state index contributed by atoms with van der Waals surface area (Å²) in [7, 11) is 0. The van der Waals surface area contributed by atoms with Gasteiger partial charge in [0.05, 0.1) is 17.9 Å². The summed E-state index contributed by atoms with van der Waals surface area (Å²) in [5.74, 6) is -0.943. The van der Waals surface area contributed by atoms with Crippen LogP contribution in [0.2, 0.25) is 0 Å². The second-order valence-corrected chi connectivity index (χ2v) is 8.43. The lowest BCUT2D eigenvalue weighted by molar-refractivity contribution is -0.120. The second-order valence-electron chi connectivity index (χ2n) is 8.43. The number of halogens is 1. The summed E-state index contributed by atoms with van der Waals surface area (Å²) in [6.07, 6.45) is 1.65. The van der Waals surface area contributed by atoms with Crippen molar-refractivity contribution in [2.75, 3.05) is 18.1 Å². The Hall–Kier alpha value is -3.93. The molecule has 0 saturated heterocycles. The molecule has 0 bridgehead atoms. The molecule has 0 aromatic heterocycles. The molecule has 2 amide bonds. The lowest BCUT2D eigenvalue weighted by Crippen LogP contribution is -2.37. The van der Waals surface area contributed by atoms with Crippen LogP contribution in [0, 0.1) is 5.82 Å². The molecule has 3 aromatic carbocycles. The minimum absolute atomic E-state index is 0.0368. The van der Waals surface area contributed by atoms with Crippen LogP contribution >= 0.6 is 0 Å². The Bertz CT molecular complexity index is 1280. The zero-order valence-electron chi connectivity index (χ0n) is 19.0. The van der Waals surface area contributed by atoms with Gasteiger partial charge in [-0.1, -0.05) is 55.5 Å². The van der Waals surface area contributed by atoms with Crippen molar-refractivity contribution in [2.24, 2.45) is 0 Å². The fraction of sp³-hybridized carbons (Fsp3) is 0.214. The van der Waals surface area contributed by atoms with Crippen molar-refractivity contribution in [3.8, 4) is 5.75 Å². The van der Waals surface area contributed by atoms with Crippen molar-refractivity contribution in [1.29, 1.82) is 0 Å². The van der Waals surface area contributed by atoms with Crippen LogP contribution in [0.3, 0.4) is 0 Å². The van der Waals surface area contributed by atoms with Crippen LogP contribution in [0.1, 0.15) is 30.0 Å². The Morgan fingerprint density at radius 2 is 1.59 bits per heavy atom. The number of benzene rings is 3. The smallest absolute Gasteiger partial charge is 0.282 e. The number of amides is 2. The Morgan fingerprint density at radius 3 is 2.32 bits per heavy atom. The van der Waals surface area contributed by atoms with E-state index in [0.717, 1.165) is 23.3 Å². The monoisotopic (exact) mass is 456 g/mol. The van der Waals surface area contributed by atoms with Crippen LogP contribution in [0.5, 0.6) is 5.75 Å². The second kappa shape index (κ2) is 9.14. The number of hydrogen-bond donors (Lipinski definition) is 0. The number of fused-ring (bicyclic) bond motifs is 1. The standard InChI is InChI=1S/C28H25FN2O3/c1-2-17-34-22-13-11-20(12-14-22)25-26(30-16-15-19-7-3-4-8-21(19)18-30)28(33)31(27(25)32)24-10-6-5-9-23(24)29/h3-14H,2,15-18H2,1H3. The fourth-order valence-corrected chi connectivity index (χ4v) is 4.55. The molecule has 0 aliphatic carbocycles. The topological polar surface area (TPSA) is 49.9 Å². The Balaban J connectivity index is 1.58. The number of nitrogens with zero attached hydrogens (tertiary/aromatic N) is 2. The van der Waals surface area contributed by atoms with E-state index in [-0.39, 0.29) is 11.3 Å². The van der Waals surface area contributed by atoms with E-state index in [1.54, 1.807) is 30.3 Å². The van der Waals surface area contributed by atoms with Gasteiger partial charge in [0.15, 0.2) is 0 Å². The lowest BCUT2D eigenvalue weighted by Gasteiger charge is -2.31. The number of ether oxygens (including phenoxy) is 1.